The van der Waals surface area contributed by atoms with Gasteiger partial charge < -0.3 is 12.8 Å². The summed E-state index contributed by atoms with van der Waals surface area (Å²) in [7, 11) is -0.424. The molecule has 2 saturated carbocycles. The minimum Gasteiger partial charge on any atom is -0.333 e. The van der Waals surface area contributed by atoms with Crippen LogP contribution in [0, 0.1) is 12.8 Å². The van der Waals surface area contributed by atoms with Gasteiger partial charge in [-0.2, -0.15) is 0 Å². The van der Waals surface area contributed by atoms with Crippen LogP contribution in [-0.2, 0) is 21.1 Å². The third kappa shape index (κ3) is 17.2. The van der Waals surface area contributed by atoms with Gasteiger partial charge in [0.05, 0.1) is 37.3 Å². The molecule has 0 radical (unpaired) electrons. The quantitative estimate of drug-likeness (QED) is 0.338. The standard InChI is InChI=1S/2C8H11P.2C3H5.Pt/c2*1-9(2)8-6-4-3-5-7-8;2*1-2-3-1;/h2*3-7H,1-2H3;2*1H,2-3H2;/q;;2*-1;+2/p+2. The fourth-order valence-corrected chi connectivity index (χ4v) is 3.26. The molecule has 4 rings (SSSR count). The summed E-state index contributed by atoms with van der Waals surface area (Å²) >= 11 is 0. The van der Waals surface area contributed by atoms with Crippen LogP contribution in [-0.4, -0.2) is 26.7 Å². The molecule has 0 N–H and O–H groups in total. The molecule has 140 valence electrons. The Balaban J connectivity index is 0.000000335. The summed E-state index contributed by atoms with van der Waals surface area (Å²) in [5.41, 5.74) is 0. The molecule has 0 amide bonds. The molecule has 0 aromatic heterocycles. The van der Waals surface area contributed by atoms with E-state index in [1.807, 2.05) is 0 Å². The largest absolute Gasteiger partial charge is 2.00 e. The van der Waals surface area contributed by atoms with Crippen molar-refractivity contribution in [3.8, 4) is 0 Å². The molecule has 0 spiro atoms. The molecular formula is C22H34P2Pt+2. The zero-order valence-corrected chi connectivity index (χ0v) is 20.3. The Morgan fingerprint density at radius 3 is 0.920 bits per heavy atom. The first kappa shape index (κ1) is 25.0. The van der Waals surface area contributed by atoms with Gasteiger partial charge in [0.25, 0.3) is 0 Å². The summed E-state index contributed by atoms with van der Waals surface area (Å²) in [6.07, 6.45) is 10.0. The summed E-state index contributed by atoms with van der Waals surface area (Å²) in [6, 6.07) is 21.4. The van der Waals surface area contributed by atoms with Crippen molar-refractivity contribution in [1.82, 2.24) is 0 Å². The van der Waals surface area contributed by atoms with E-state index < -0.39 is 0 Å². The molecular weight excluding hydrogens is 521 g/mol. The Morgan fingerprint density at radius 1 is 0.560 bits per heavy atom. The second kappa shape index (κ2) is 16.2. The van der Waals surface area contributed by atoms with E-state index in [1.165, 1.54) is 36.3 Å². The average molecular weight is 556 g/mol. The van der Waals surface area contributed by atoms with Crippen LogP contribution >= 0.6 is 15.8 Å². The molecule has 0 atom stereocenters. The van der Waals surface area contributed by atoms with Gasteiger partial charge in [-0.25, -0.2) is 25.7 Å². The molecule has 0 bridgehead atoms. The SMILES string of the molecule is C[PH+](C)c1ccccc1.C[PH+](C)c1ccccc1.[CH-]1CC1.[CH-]1CC1.[Pt+2]. The number of rotatable bonds is 2. The molecule has 3 heteroatoms. The first-order chi connectivity index (χ1) is 11.6. The number of hydrogen-bond acceptors (Lipinski definition) is 0. The summed E-state index contributed by atoms with van der Waals surface area (Å²) in [5.74, 6) is 0. The van der Waals surface area contributed by atoms with Crippen molar-refractivity contribution in [1.29, 1.82) is 0 Å². The van der Waals surface area contributed by atoms with E-state index in [9.17, 15) is 0 Å². The van der Waals surface area contributed by atoms with Crippen LogP contribution in [0.15, 0.2) is 60.7 Å². The zero-order valence-electron chi connectivity index (χ0n) is 16.1. The van der Waals surface area contributed by atoms with Crippen molar-refractivity contribution in [3.05, 3.63) is 73.5 Å². The van der Waals surface area contributed by atoms with Gasteiger partial charge in [0.15, 0.2) is 0 Å². The Kier molecular flexibility index (Phi) is 16.2. The van der Waals surface area contributed by atoms with Crippen LogP contribution < -0.4 is 10.6 Å². The predicted octanol–water partition coefficient (Wildman–Crippen LogP) is 5.54. The Bertz CT molecular complexity index is 453. The molecule has 0 unspecified atom stereocenters. The van der Waals surface area contributed by atoms with Gasteiger partial charge >= 0.3 is 21.1 Å². The van der Waals surface area contributed by atoms with Crippen molar-refractivity contribution < 1.29 is 21.1 Å². The molecule has 2 aliphatic carbocycles. The topological polar surface area (TPSA) is 0 Å². The second-order valence-electron chi connectivity index (χ2n) is 6.46. The number of benzene rings is 2. The second-order valence-corrected chi connectivity index (χ2v) is 11.6. The monoisotopic (exact) mass is 555 g/mol. The van der Waals surface area contributed by atoms with Crippen LogP contribution in [0.2, 0.25) is 0 Å². The molecule has 2 aromatic carbocycles. The van der Waals surface area contributed by atoms with Crippen LogP contribution in [0.4, 0.5) is 0 Å². The van der Waals surface area contributed by atoms with Crippen molar-refractivity contribution >= 4 is 26.5 Å². The van der Waals surface area contributed by atoms with E-state index in [0.29, 0.717) is 0 Å². The summed E-state index contributed by atoms with van der Waals surface area (Å²) in [4.78, 5) is 0. The smallest absolute Gasteiger partial charge is 0.333 e. The third-order valence-corrected chi connectivity index (χ3v) is 6.26. The third-order valence-electron chi connectivity index (χ3n) is 3.28. The van der Waals surface area contributed by atoms with Crippen LogP contribution in [0.3, 0.4) is 0 Å². The average Bonchev–Trinajstić information content (AvgIpc) is 3.47. The van der Waals surface area contributed by atoms with Gasteiger partial charge in [0.1, 0.15) is 0 Å². The molecule has 0 nitrogen and oxygen atoms in total. The molecule has 0 saturated heterocycles. The van der Waals surface area contributed by atoms with Crippen LogP contribution in [0.1, 0.15) is 25.7 Å². The van der Waals surface area contributed by atoms with Crippen molar-refractivity contribution in [3.63, 3.8) is 0 Å². The Hall–Kier alpha value is -0.0117. The fourth-order valence-electron chi connectivity index (χ4n) is 1.54. The van der Waals surface area contributed by atoms with E-state index in [0.717, 1.165) is 0 Å². The van der Waals surface area contributed by atoms with E-state index in [4.69, 9.17) is 0 Å². The molecule has 2 aromatic rings. The maximum absolute atomic E-state index is 2.31. The maximum Gasteiger partial charge on any atom is 2.00 e. The van der Waals surface area contributed by atoms with Gasteiger partial charge in [-0.1, -0.05) is 36.4 Å². The summed E-state index contributed by atoms with van der Waals surface area (Å²) < 4.78 is 0. The van der Waals surface area contributed by atoms with E-state index >= 15 is 0 Å². The van der Waals surface area contributed by atoms with E-state index in [1.54, 1.807) is 0 Å². The fraction of sp³-hybridized carbons (Fsp3) is 0.364. The summed E-state index contributed by atoms with van der Waals surface area (Å²) in [6.45, 7) is 9.22. The van der Waals surface area contributed by atoms with Gasteiger partial charge in [0.2, 0.25) is 0 Å². The van der Waals surface area contributed by atoms with Gasteiger partial charge in [-0.3, -0.25) is 0 Å². The van der Waals surface area contributed by atoms with E-state index in [2.05, 4.69) is 100 Å². The minimum absolute atomic E-state index is 0. The Labute approximate surface area is 173 Å². The summed E-state index contributed by atoms with van der Waals surface area (Å²) in [5, 5.41) is 3.03. The van der Waals surface area contributed by atoms with Gasteiger partial charge in [0, 0.05) is 15.8 Å². The maximum atomic E-state index is 2.31. The molecule has 25 heavy (non-hydrogen) atoms. The molecule has 2 aliphatic rings. The van der Waals surface area contributed by atoms with E-state index in [-0.39, 0.29) is 36.9 Å². The normalized spacial score (nSPS) is 13.0. The van der Waals surface area contributed by atoms with Crippen molar-refractivity contribution in [2.24, 2.45) is 0 Å². The van der Waals surface area contributed by atoms with Gasteiger partial charge in [-0.15, -0.1) is 0 Å². The van der Waals surface area contributed by atoms with Crippen molar-refractivity contribution in [2.45, 2.75) is 25.7 Å². The van der Waals surface area contributed by atoms with Crippen LogP contribution in [0.25, 0.3) is 0 Å². The zero-order chi connectivity index (χ0) is 17.6. The van der Waals surface area contributed by atoms with Crippen LogP contribution in [0.5, 0.6) is 0 Å². The molecule has 0 aliphatic heterocycles. The number of hydrogen-bond donors (Lipinski definition) is 0. The predicted molar refractivity (Wildman–Crippen MR) is 120 cm³/mol. The van der Waals surface area contributed by atoms with Gasteiger partial charge in [-0.05, 0) is 24.3 Å². The molecule has 0 heterocycles. The molecule has 2 fully saturated rings. The first-order valence-corrected chi connectivity index (χ1v) is 14.0. The Morgan fingerprint density at radius 2 is 0.800 bits per heavy atom. The first-order valence-electron chi connectivity index (χ1n) is 8.95. The minimum atomic E-state index is -0.212. The van der Waals surface area contributed by atoms with Crippen molar-refractivity contribution in [2.75, 3.05) is 26.7 Å².